The molecule has 2 amide bonds. The third-order valence-electron chi connectivity index (χ3n) is 4.15. The summed E-state index contributed by atoms with van der Waals surface area (Å²) in [6.07, 6.45) is 1.91. The Morgan fingerprint density at radius 2 is 2.29 bits per heavy atom. The van der Waals surface area contributed by atoms with Gasteiger partial charge in [0.1, 0.15) is 11.6 Å². The molecular formula is C16H21N5O2S. The molecule has 7 nitrogen and oxygen atoms in total. The third kappa shape index (κ3) is 3.81. The van der Waals surface area contributed by atoms with Crippen LogP contribution in [-0.4, -0.2) is 32.6 Å². The van der Waals surface area contributed by atoms with Gasteiger partial charge >= 0.3 is 0 Å². The van der Waals surface area contributed by atoms with Crippen molar-refractivity contribution in [3.05, 3.63) is 34.0 Å². The maximum atomic E-state index is 12.4. The summed E-state index contributed by atoms with van der Waals surface area (Å²) in [5.41, 5.74) is 0. The molecule has 0 bridgehead atoms. The molecule has 0 unspecified atom stereocenters. The highest BCUT2D eigenvalue weighted by molar-refractivity contribution is 7.10. The number of nitrogens with one attached hydrogen (secondary N) is 2. The Morgan fingerprint density at radius 3 is 3.00 bits per heavy atom. The highest BCUT2D eigenvalue weighted by Crippen LogP contribution is 2.22. The van der Waals surface area contributed by atoms with Crippen LogP contribution in [0.4, 0.5) is 0 Å². The van der Waals surface area contributed by atoms with Crippen LogP contribution >= 0.6 is 11.3 Å². The fourth-order valence-corrected chi connectivity index (χ4v) is 3.79. The fraction of sp³-hybridized carbons (Fsp3) is 0.500. The van der Waals surface area contributed by atoms with Crippen molar-refractivity contribution in [3.8, 4) is 0 Å². The van der Waals surface area contributed by atoms with Gasteiger partial charge in [0.2, 0.25) is 11.8 Å². The van der Waals surface area contributed by atoms with Crippen molar-refractivity contribution in [2.24, 2.45) is 0 Å². The molecule has 0 radical (unpaired) electrons. The Morgan fingerprint density at radius 1 is 1.46 bits per heavy atom. The van der Waals surface area contributed by atoms with Crippen molar-refractivity contribution in [2.75, 3.05) is 0 Å². The van der Waals surface area contributed by atoms with Gasteiger partial charge in [0.25, 0.3) is 0 Å². The normalized spacial score (nSPS) is 17.8. The van der Waals surface area contributed by atoms with Gasteiger partial charge in [0, 0.05) is 30.8 Å². The summed E-state index contributed by atoms with van der Waals surface area (Å²) in [6, 6.07) is 3.65. The molecule has 1 aliphatic heterocycles. The number of aromatic nitrogens is 3. The van der Waals surface area contributed by atoms with Gasteiger partial charge < -0.3 is 15.2 Å². The first-order valence-electron chi connectivity index (χ1n) is 8.01. The molecule has 8 heteroatoms. The van der Waals surface area contributed by atoms with Gasteiger partial charge in [-0.15, -0.1) is 21.5 Å². The monoisotopic (exact) mass is 347 g/mol. The Balaban J connectivity index is 1.60. The number of nitrogens with zero attached hydrogens (tertiary/aromatic N) is 3. The van der Waals surface area contributed by atoms with E-state index >= 15 is 0 Å². The van der Waals surface area contributed by atoms with Crippen LogP contribution in [0, 0.1) is 6.92 Å². The third-order valence-corrected chi connectivity index (χ3v) is 5.14. The molecule has 2 N–H and O–H groups in total. The van der Waals surface area contributed by atoms with E-state index in [1.807, 2.05) is 24.4 Å². The summed E-state index contributed by atoms with van der Waals surface area (Å²) in [4.78, 5) is 24.8. The Hall–Kier alpha value is -2.22. The Kier molecular flexibility index (Phi) is 4.94. The van der Waals surface area contributed by atoms with E-state index in [1.54, 1.807) is 0 Å². The molecule has 0 fully saturated rings. The first-order chi connectivity index (χ1) is 11.5. The molecule has 0 spiro atoms. The topological polar surface area (TPSA) is 88.9 Å². The van der Waals surface area contributed by atoms with E-state index in [-0.39, 0.29) is 30.3 Å². The van der Waals surface area contributed by atoms with Crippen molar-refractivity contribution in [2.45, 2.75) is 51.7 Å². The molecule has 3 rings (SSSR count). The van der Waals surface area contributed by atoms with E-state index < -0.39 is 0 Å². The zero-order valence-electron chi connectivity index (χ0n) is 13.8. The van der Waals surface area contributed by atoms with Gasteiger partial charge in [-0.25, -0.2) is 0 Å². The van der Waals surface area contributed by atoms with Gasteiger partial charge in [-0.1, -0.05) is 6.07 Å². The van der Waals surface area contributed by atoms with Crippen LogP contribution in [0.3, 0.4) is 0 Å². The molecule has 1 aliphatic rings. The second-order valence-electron chi connectivity index (χ2n) is 6.05. The maximum absolute atomic E-state index is 12.4. The summed E-state index contributed by atoms with van der Waals surface area (Å²) in [7, 11) is 0. The predicted molar refractivity (Wildman–Crippen MR) is 90.5 cm³/mol. The highest BCUT2D eigenvalue weighted by atomic mass is 32.1. The first kappa shape index (κ1) is 16.6. The summed E-state index contributed by atoms with van der Waals surface area (Å²) in [5.74, 6) is 1.66. The molecule has 0 aliphatic carbocycles. The zero-order valence-corrected chi connectivity index (χ0v) is 14.6. The number of thiophene rings is 1. The van der Waals surface area contributed by atoms with Crippen LogP contribution in [0.2, 0.25) is 0 Å². The molecule has 2 atom stereocenters. The predicted octanol–water partition coefficient (Wildman–Crippen LogP) is 1.35. The minimum absolute atomic E-state index is 0.0543. The Bertz CT molecular complexity index is 725. The van der Waals surface area contributed by atoms with Crippen molar-refractivity contribution in [1.82, 2.24) is 25.4 Å². The average molecular weight is 347 g/mol. The summed E-state index contributed by atoms with van der Waals surface area (Å²) < 4.78 is 2.05. The highest BCUT2D eigenvalue weighted by Gasteiger charge is 2.24. The number of fused-ring (bicyclic) bond motifs is 1. The van der Waals surface area contributed by atoms with Crippen LogP contribution in [0.15, 0.2) is 17.5 Å². The van der Waals surface area contributed by atoms with Crippen LogP contribution in [0.25, 0.3) is 0 Å². The Labute approximate surface area is 144 Å². The lowest BCUT2D eigenvalue weighted by molar-refractivity contribution is -0.123. The quantitative estimate of drug-likeness (QED) is 0.854. The molecule has 128 valence electrons. The lowest BCUT2D eigenvalue weighted by atomic mass is 10.1. The van der Waals surface area contributed by atoms with Crippen molar-refractivity contribution >= 4 is 23.2 Å². The summed E-state index contributed by atoms with van der Waals surface area (Å²) >= 11 is 1.54. The van der Waals surface area contributed by atoms with Crippen molar-refractivity contribution in [3.63, 3.8) is 0 Å². The van der Waals surface area contributed by atoms with Gasteiger partial charge in [0.05, 0.1) is 12.5 Å². The second-order valence-corrected chi connectivity index (χ2v) is 7.03. The molecule has 0 aromatic carbocycles. The van der Waals surface area contributed by atoms with Crippen molar-refractivity contribution in [1.29, 1.82) is 0 Å². The number of carbonyl (C=O) groups excluding carboxylic acids is 2. The van der Waals surface area contributed by atoms with Gasteiger partial charge in [0.15, 0.2) is 0 Å². The lowest BCUT2D eigenvalue weighted by Gasteiger charge is -2.26. The molecule has 0 saturated carbocycles. The number of rotatable bonds is 5. The molecule has 2 aromatic heterocycles. The van der Waals surface area contributed by atoms with E-state index in [0.717, 1.165) is 29.4 Å². The largest absolute Gasteiger partial charge is 0.351 e. The summed E-state index contributed by atoms with van der Waals surface area (Å²) in [6.45, 7) is 4.09. The molecule has 0 saturated heterocycles. The van der Waals surface area contributed by atoms with Gasteiger partial charge in [-0.3, -0.25) is 9.59 Å². The van der Waals surface area contributed by atoms with Crippen molar-refractivity contribution < 1.29 is 9.59 Å². The number of hydrogen-bond donors (Lipinski definition) is 2. The maximum Gasteiger partial charge on any atom is 0.222 e. The van der Waals surface area contributed by atoms with E-state index in [4.69, 9.17) is 0 Å². The molecule has 24 heavy (non-hydrogen) atoms. The second kappa shape index (κ2) is 7.12. The zero-order chi connectivity index (χ0) is 17.1. The van der Waals surface area contributed by atoms with Crippen LogP contribution < -0.4 is 10.6 Å². The smallest absolute Gasteiger partial charge is 0.222 e. The van der Waals surface area contributed by atoms with Crippen LogP contribution in [0.1, 0.15) is 42.3 Å². The average Bonchev–Trinajstić information content (AvgIpc) is 3.17. The number of hydrogen-bond acceptors (Lipinski definition) is 5. The van der Waals surface area contributed by atoms with Gasteiger partial charge in [-0.2, -0.15) is 0 Å². The van der Waals surface area contributed by atoms with Crippen LogP contribution in [-0.2, 0) is 22.6 Å². The fourth-order valence-electron chi connectivity index (χ4n) is 3.01. The number of carbonyl (C=O) groups is 2. The lowest BCUT2D eigenvalue weighted by Crippen LogP contribution is -2.42. The first-order valence-corrected chi connectivity index (χ1v) is 8.89. The van der Waals surface area contributed by atoms with E-state index in [0.29, 0.717) is 6.54 Å². The van der Waals surface area contributed by atoms with E-state index in [1.165, 1.54) is 18.3 Å². The minimum atomic E-state index is -0.279. The van der Waals surface area contributed by atoms with Crippen LogP contribution in [0.5, 0.6) is 0 Å². The minimum Gasteiger partial charge on any atom is -0.351 e. The molecular weight excluding hydrogens is 326 g/mol. The standard InChI is InChI=1S/C16H21N5O2S/c1-10-19-20-15-6-5-12(9-21(10)15)18-16(23)8-13(17-11(2)22)14-4-3-7-24-14/h3-4,7,12-13H,5-6,8-9H2,1-2H3,(H,17,22)(H,18,23)/t12-,13-/m0/s1. The summed E-state index contributed by atoms with van der Waals surface area (Å²) in [5, 5.41) is 16.1. The SMILES string of the molecule is CC(=O)N[C@@H](CC(=O)N[C@H]1CCc2nnc(C)n2C1)c1cccs1. The number of aryl methyl sites for hydroxylation is 2. The molecule has 3 heterocycles. The number of amides is 2. The van der Waals surface area contributed by atoms with E-state index in [9.17, 15) is 9.59 Å². The van der Waals surface area contributed by atoms with E-state index in [2.05, 4.69) is 25.4 Å². The molecule has 2 aromatic rings. The van der Waals surface area contributed by atoms with Gasteiger partial charge in [-0.05, 0) is 24.8 Å².